The van der Waals surface area contributed by atoms with Crippen LogP contribution in [-0.4, -0.2) is 5.84 Å². The number of hydrogen-bond acceptors (Lipinski definition) is 2. The summed E-state index contributed by atoms with van der Waals surface area (Å²) in [5.41, 5.74) is 13.7. The highest BCUT2D eigenvalue weighted by molar-refractivity contribution is 5.81. The van der Waals surface area contributed by atoms with Gasteiger partial charge in [0.25, 0.3) is 0 Å². The molecule has 1 aromatic carbocycles. The minimum atomic E-state index is 0.545. The normalized spacial score (nSPS) is 11.7. The lowest BCUT2D eigenvalue weighted by Crippen LogP contribution is -2.04. The Morgan fingerprint density at radius 3 is 2.67 bits per heavy atom. The maximum Gasteiger partial charge on any atom is 0.0965 e. The standard InChI is InChI=1S/C9H13N3/c1-6-3-4-8(11)5-9(6)12-7(2)10/h3-5H,11H2,1-2H3,(H2,10,12). The van der Waals surface area contributed by atoms with Crippen molar-refractivity contribution in [1.29, 1.82) is 0 Å². The molecule has 0 aliphatic rings. The first-order chi connectivity index (χ1) is 5.59. The van der Waals surface area contributed by atoms with Gasteiger partial charge in [-0.05, 0) is 31.5 Å². The lowest BCUT2D eigenvalue weighted by molar-refractivity contribution is 1.37. The summed E-state index contributed by atoms with van der Waals surface area (Å²) in [7, 11) is 0. The Bertz CT molecular complexity index is 312. The van der Waals surface area contributed by atoms with Crippen molar-refractivity contribution < 1.29 is 0 Å². The van der Waals surface area contributed by atoms with Crippen molar-refractivity contribution in [2.24, 2.45) is 10.7 Å². The summed E-state index contributed by atoms with van der Waals surface area (Å²) in [6.07, 6.45) is 0. The lowest BCUT2D eigenvalue weighted by Gasteiger charge is -2.01. The molecular formula is C9H13N3. The number of amidine groups is 1. The van der Waals surface area contributed by atoms with E-state index < -0.39 is 0 Å². The van der Waals surface area contributed by atoms with Gasteiger partial charge in [0, 0.05) is 5.69 Å². The first-order valence-electron chi connectivity index (χ1n) is 3.76. The Labute approximate surface area is 72.1 Å². The van der Waals surface area contributed by atoms with Gasteiger partial charge in [-0.3, -0.25) is 0 Å². The number of aryl methyl sites for hydroxylation is 1. The predicted octanol–water partition coefficient (Wildman–Crippen LogP) is 1.59. The Balaban J connectivity index is 3.14. The van der Waals surface area contributed by atoms with E-state index in [0.29, 0.717) is 11.5 Å². The Morgan fingerprint density at radius 1 is 1.42 bits per heavy atom. The van der Waals surface area contributed by atoms with E-state index in [0.717, 1.165) is 11.3 Å². The quantitative estimate of drug-likeness (QED) is 0.375. The first kappa shape index (κ1) is 8.59. The summed E-state index contributed by atoms with van der Waals surface area (Å²) in [5, 5.41) is 0. The predicted molar refractivity (Wildman–Crippen MR) is 52.5 cm³/mol. The zero-order valence-electron chi connectivity index (χ0n) is 7.33. The molecule has 3 heteroatoms. The van der Waals surface area contributed by atoms with Crippen LogP contribution in [0.4, 0.5) is 11.4 Å². The maximum atomic E-state index is 5.59. The molecule has 0 unspecified atom stereocenters. The third-order valence-corrected chi connectivity index (χ3v) is 1.53. The van der Waals surface area contributed by atoms with Crippen molar-refractivity contribution in [3.63, 3.8) is 0 Å². The number of benzene rings is 1. The Morgan fingerprint density at radius 2 is 2.08 bits per heavy atom. The fourth-order valence-corrected chi connectivity index (χ4v) is 0.937. The van der Waals surface area contributed by atoms with Gasteiger partial charge in [0.2, 0.25) is 0 Å². The summed E-state index contributed by atoms with van der Waals surface area (Å²) in [6.45, 7) is 3.73. The molecule has 0 radical (unpaired) electrons. The van der Waals surface area contributed by atoms with E-state index in [-0.39, 0.29) is 0 Å². The molecule has 0 spiro atoms. The number of nitrogen functional groups attached to an aromatic ring is 1. The van der Waals surface area contributed by atoms with Crippen molar-refractivity contribution in [3.8, 4) is 0 Å². The van der Waals surface area contributed by atoms with E-state index in [2.05, 4.69) is 4.99 Å². The average molecular weight is 163 g/mol. The van der Waals surface area contributed by atoms with Crippen molar-refractivity contribution in [1.82, 2.24) is 0 Å². The van der Waals surface area contributed by atoms with Crippen molar-refractivity contribution in [2.45, 2.75) is 13.8 Å². The van der Waals surface area contributed by atoms with Gasteiger partial charge in [0.15, 0.2) is 0 Å². The van der Waals surface area contributed by atoms with Crippen LogP contribution in [0.3, 0.4) is 0 Å². The molecule has 3 nitrogen and oxygen atoms in total. The van der Waals surface area contributed by atoms with E-state index in [9.17, 15) is 0 Å². The number of aliphatic imine (C=N–C) groups is 1. The van der Waals surface area contributed by atoms with Crippen LogP contribution in [0.25, 0.3) is 0 Å². The Hall–Kier alpha value is -1.51. The van der Waals surface area contributed by atoms with E-state index in [1.54, 1.807) is 6.92 Å². The van der Waals surface area contributed by atoms with Crippen LogP contribution in [-0.2, 0) is 0 Å². The van der Waals surface area contributed by atoms with Crippen LogP contribution in [0, 0.1) is 6.92 Å². The van der Waals surface area contributed by atoms with E-state index in [1.807, 2.05) is 25.1 Å². The second-order valence-electron chi connectivity index (χ2n) is 2.80. The third-order valence-electron chi connectivity index (χ3n) is 1.53. The maximum absolute atomic E-state index is 5.59. The molecular weight excluding hydrogens is 150 g/mol. The van der Waals surface area contributed by atoms with Crippen LogP contribution in [0.1, 0.15) is 12.5 Å². The van der Waals surface area contributed by atoms with Crippen molar-refractivity contribution in [3.05, 3.63) is 23.8 Å². The molecule has 0 saturated carbocycles. The van der Waals surface area contributed by atoms with Crippen LogP contribution in [0.2, 0.25) is 0 Å². The summed E-state index contributed by atoms with van der Waals surface area (Å²) >= 11 is 0. The Kier molecular flexibility index (Phi) is 2.33. The van der Waals surface area contributed by atoms with Gasteiger partial charge < -0.3 is 11.5 Å². The summed E-state index contributed by atoms with van der Waals surface area (Å²) < 4.78 is 0. The molecule has 0 atom stereocenters. The highest BCUT2D eigenvalue weighted by atomic mass is 14.8. The smallest absolute Gasteiger partial charge is 0.0965 e. The molecule has 0 bridgehead atoms. The van der Waals surface area contributed by atoms with Gasteiger partial charge >= 0.3 is 0 Å². The largest absolute Gasteiger partial charge is 0.399 e. The van der Waals surface area contributed by atoms with Crippen molar-refractivity contribution in [2.75, 3.05) is 5.73 Å². The molecule has 4 N–H and O–H groups in total. The average Bonchev–Trinajstić information content (AvgIpc) is 1.96. The van der Waals surface area contributed by atoms with Gasteiger partial charge in [0.05, 0.1) is 11.5 Å². The van der Waals surface area contributed by atoms with E-state index in [4.69, 9.17) is 11.5 Å². The monoisotopic (exact) mass is 163 g/mol. The number of rotatable bonds is 1. The summed E-state index contributed by atoms with van der Waals surface area (Å²) in [6, 6.07) is 5.59. The molecule has 0 aromatic heterocycles. The van der Waals surface area contributed by atoms with Crippen LogP contribution in [0.5, 0.6) is 0 Å². The topological polar surface area (TPSA) is 64.4 Å². The first-order valence-corrected chi connectivity index (χ1v) is 3.76. The third kappa shape index (κ3) is 1.99. The second-order valence-corrected chi connectivity index (χ2v) is 2.80. The molecule has 1 aromatic rings. The van der Waals surface area contributed by atoms with Crippen molar-refractivity contribution >= 4 is 17.2 Å². The lowest BCUT2D eigenvalue weighted by atomic mass is 10.2. The molecule has 12 heavy (non-hydrogen) atoms. The molecule has 1 rings (SSSR count). The van der Waals surface area contributed by atoms with Crippen LogP contribution < -0.4 is 11.5 Å². The van der Waals surface area contributed by atoms with E-state index in [1.165, 1.54) is 0 Å². The summed E-state index contributed by atoms with van der Waals surface area (Å²) in [5.74, 6) is 0.545. The minimum absolute atomic E-state index is 0.545. The fourth-order valence-electron chi connectivity index (χ4n) is 0.937. The number of hydrogen-bond donors (Lipinski definition) is 2. The molecule has 0 aliphatic heterocycles. The molecule has 0 aliphatic carbocycles. The SMILES string of the molecule is CC(N)=Nc1cc(N)ccc1C. The molecule has 0 fully saturated rings. The summed E-state index contributed by atoms with van der Waals surface area (Å²) in [4.78, 5) is 4.13. The second kappa shape index (κ2) is 3.26. The molecule has 64 valence electrons. The van der Waals surface area contributed by atoms with Gasteiger partial charge in [-0.15, -0.1) is 0 Å². The molecule has 0 amide bonds. The highest BCUT2D eigenvalue weighted by Crippen LogP contribution is 2.20. The minimum Gasteiger partial charge on any atom is -0.399 e. The van der Waals surface area contributed by atoms with Gasteiger partial charge in [-0.25, -0.2) is 4.99 Å². The van der Waals surface area contributed by atoms with Gasteiger partial charge in [-0.2, -0.15) is 0 Å². The number of nitrogens with two attached hydrogens (primary N) is 2. The molecule has 0 saturated heterocycles. The van der Waals surface area contributed by atoms with E-state index >= 15 is 0 Å². The van der Waals surface area contributed by atoms with Gasteiger partial charge in [0.1, 0.15) is 0 Å². The zero-order chi connectivity index (χ0) is 9.14. The fraction of sp³-hybridized carbons (Fsp3) is 0.222. The zero-order valence-corrected chi connectivity index (χ0v) is 7.33. The van der Waals surface area contributed by atoms with Crippen LogP contribution >= 0.6 is 0 Å². The molecule has 0 heterocycles. The van der Waals surface area contributed by atoms with Crippen LogP contribution in [0.15, 0.2) is 23.2 Å². The van der Waals surface area contributed by atoms with Gasteiger partial charge in [-0.1, -0.05) is 6.07 Å². The number of nitrogens with zero attached hydrogens (tertiary/aromatic N) is 1. The highest BCUT2D eigenvalue weighted by Gasteiger charge is 1.95. The number of anilines is 1.